The Morgan fingerprint density at radius 3 is 1.24 bits per heavy atom. The molecule has 0 aromatic rings. The molecule has 0 aromatic carbocycles. The molecule has 6 fully saturated rings. The first-order valence-electron chi connectivity index (χ1n) is 15.3. The zero-order chi connectivity index (χ0) is 24.2. The molecule has 0 heterocycles. The van der Waals surface area contributed by atoms with Crippen LogP contribution in [0.3, 0.4) is 0 Å². The molecular formula is C34H56. The van der Waals surface area contributed by atoms with Crippen LogP contribution in [0.5, 0.6) is 0 Å². The van der Waals surface area contributed by atoms with Crippen LogP contribution in [0.4, 0.5) is 0 Å². The second-order valence-electron chi connectivity index (χ2n) is 13.6. The van der Waals surface area contributed by atoms with E-state index in [0.29, 0.717) is 0 Å². The maximum atomic E-state index is 3.78. The Morgan fingerprint density at radius 1 is 0.529 bits per heavy atom. The average Bonchev–Trinajstić information content (AvgIpc) is 3.70. The van der Waals surface area contributed by atoms with Gasteiger partial charge < -0.3 is 0 Å². The normalized spacial score (nSPS) is 48.5. The van der Waals surface area contributed by atoms with Gasteiger partial charge in [-0.3, -0.25) is 0 Å². The van der Waals surface area contributed by atoms with Crippen molar-refractivity contribution in [2.75, 3.05) is 0 Å². The van der Waals surface area contributed by atoms with Crippen molar-refractivity contribution < 1.29 is 0 Å². The van der Waals surface area contributed by atoms with Gasteiger partial charge in [0.05, 0.1) is 0 Å². The minimum Gasteiger partial charge on any atom is -0.103 e. The molecular weight excluding hydrogens is 408 g/mol. The summed E-state index contributed by atoms with van der Waals surface area (Å²) in [5, 5.41) is 0. The van der Waals surface area contributed by atoms with E-state index in [-0.39, 0.29) is 0 Å². The molecule has 192 valence electrons. The van der Waals surface area contributed by atoms with Crippen molar-refractivity contribution >= 4 is 0 Å². The van der Waals surface area contributed by atoms with Gasteiger partial charge in [-0.15, -0.1) is 13.2 Å². The highest BCUT2D eigenvalue weighted by atomic mass is 14.5. The molecule has 7 rings (SSSR count). The van der Waals surface area contributed by atoms with Crippen molar-refractivity contribution in [1.82, 2.24) is 0 Å². The Labute approximate surface area is 213 Å². The summed E-state index contributed by atoms with van der Waals surface area (Å²) in [7, 11) is 0. The van der Waals surface area contributed by atoms with Crippen molar-refractivity contribution in [2.45, 2.75) is 105 Å². The van der Waals surface area contributed by atoms with E-state index in [9.17, 15) is 0 Å². The highest BCUT2D eigenvalue weighted by Crippen LogP contribution is 2.52. The number of allylic oxidation sites excluding steroid dienone is 4. The first-order chi connectivity index (χ1) is 16.4. The van der Waals surface area contributed by atoms with Gasteiger partial charge in [-0.1, -0.05) is 52.0 Å². The molecule has 0 spiro atoms. The fourth-order valence-electron chi connectivity index (χ4n) is 9.13. The van der Waals surface area contributed by atoms with Gasteiger partial charge in [0.2, 0.25) is 0 Å². The Hall–Kier alpha value is -0.780. The maximum absolute atomic E-state index is 3.78. The lowest BCUT2D eigenvalue weighted by atomic mass is 9.82. The quantitative estimate of drug-likeness (QED) is 0.356. The first-order valence-corrected chi connectivity index (χ1v) is 15.3. The summed E-state index contributed by atoms with van der Waals surface area (Å²) < 4.78 is 0. The van der Waals surface area contributed by atoms with Crippen molar-refractivity contribution in [3.63, 3.8) is 0 Å². The fourth-order valence-corrected chi connectivity index (χ4v) is 9.13. The van der Waals surface area contributed by atoms with Crippen LogP contribution in [-0.4, -0.2) is 0 Å². The Kier molecular flexibility index (Phi) is 9.26. The molecule has 12 unspecified atom stereocenters. The van der Waals surface area contributed by atoms with Crippen LogP contribution in [0, 0.1) is 71.0 Å². The van der Waals surface area contributed by atoms with Crippen LogP contribution in [0.25, 0.3) is 0 Å². The highest BCUT2D eigenvalue weighted by Gasteiger charge is 2.43. The number of hydrogen-bond acceptors (Lipinski definition) is 0. The maximum Gasteiger partial charge on any atom is -0.0228 e. The van der Waals surface area contributed by atoms with E-state index in [1.54, 1.807) is 6.42 Å². The first kappa shape index (κ1) is 26.3. The van der Waals surface area contributed by atoms with Crippen LogP contribution in [-0.2, 0) is 0 Å². The molecule has 0 nitrogen and oxygen atoms in total. The molecule has 34 heavy (non-hydrogen) atoms. The van der Waals surface area contributed by atoms with E-state index in [0.717, 1.165) is 71.0 Å². The molecule has 0 amide bonds. The predicted molar refractivity (Wildman–Crippen MR) is 150 cm³/mol. The van der Waals surface area contributed by atoms with Gasteiger partial charge >= 0.3 is 0 Å². The third kappa shape index (κ3) is 6.13. The van der Waals surface area contributed by atoms with Crippen LogP contribution in [0.2, 0.25) is 0 Å². The monoisotopic (exact) mass is 464 g/mol. The third-order valence-corrected chi connectivity index (χ3v) is 11.9. The molecule has 0 aliphatic heterocycles. The van der Waals surface area contributed by atoms with Gasteiger partial charge in [-0.2, -0.15) is 0 Å². The molecule has 0 N–H and O–H groups in total. The lowest BCUT2D eigenvalue weighted by Crippen LogP contribution is -2.15. The van der Waals surface area contributed by atoms with Gasteiger partial charge in [0.25, 0.3) is 0 Å². The summed E-state index contributed by atoms with van der Waals surface area (Å²) >= 11 is 0. The summed E-state index contributed by atoms with van der Waals surface area (Å²) in [5.74, 6) is 12.2. The lowest BCUT2D eigenvalue weighted by Gasteiger charge is -2.24. The van der Waals surface area contributed by atoms with Crippen molar-refractivity contribution in [2.24, 2.45) is 71.0 Å². The molecule has 0 aromatic heterocycles. The minimum atomic E-state index is 0.771. The summed E-state index contributed by atoms with van der Waals surface area (Å²) in [5.41, 5.74) is 0. The van der Waals surface area contributed by atoms with Gasteiger partial charge in [-0.05, 0) is 148 Å². The fraction of sp³-hybridized carbons (Fsp3) is 0.824. The molecule has 0 saturated heterocycles. The SMILES string of the molecule is C1=CC2CCC1C2.C=CC1CCC(C=C)C1.CC1C2CCC(C2)C1C.CC1CC2CCC1C2C. The second kappa shape index (κ2) is 12.0. The van der Waals surface area contributed by atoms with Crippen LogP contribution in [0.15, 0.2) is 37.5 Å². The largest absolute Gasteiger partial charge is 0.103 e. The third-order valence-electron chi connectivity index (χ3n) is 11.9. The van der Waals surface area contributed by atoms with Crippen LogP contribution < -0.4 is 0 Å². The number of fused-ring (bicyclic) bond motifs is 6. The predicted octanol–water partition coefficient (Wildman–Crippen LogP) is 10.1. The van der Waals surface area contributed by atoms with E-state index in [1.807, 2.05) is 0 Å². The second-order valence-corrected chi connectivity index (χ2v) is 13.6. The van der Waals surface area contributed by atoms with Gasteiger partial charge in [0.15, 0.2) is 0 Å². The van der Waals surface area contributed by atoms with Gasteiger partial charge in [0.1, 0.15) is 0 Å². The van der Waals surface area contributed by atoms with Crippen molar-refractivity contribution in [3.05, 3.63) is 37.5 Å². The topological polar surface area (TPSA) is 0 Å². The molecule has 0 heteroatoms. The summed E-state index contributed by atoms with van der Waals surface area (Å²) in [6.07, 6.45) is 26.5. The number of hydrogen-bond donors (Lipinski definition) is 0. The summed E-state index contributed by atoms with van der Waals surface area (Å²) in [6.45, 7) is 17.3. The highest BCUT2D eigenvalue weighted by molar-refractivity contribution is 5.06. The van der Waals surface area contributed by atoms with E-state index >= 15 is 0 Å². The Morgan fingerprint density at radius 2 is 1.03 bits per heavy atom. The zero-order valence-electron chi connectivity index (χ0n) is 23.1. The van der Waals surface area contributed by atoms with Crippen molar-refractivity contribution in [3.8, 4) is 0 Å². The average molecular weight is 465 g/mol. The zero-order valence-corrected chi connectivity index (χ0v) is 23.1. The molecule has 0 radical (unpaired) electrons. The standard InChI is InChI=1S/2C9H16.C9H14.C7H10/c1-6-7(2)9-4-3-8(6)5-9;1-6-5-8-3-4-9(6)7(8)2;1-3-8-5-6-9(4-2)7-8;1-2-7-4-3-6(1)5-7/h2*6-9H,3-5H2,1-2H3;3-4,8-9H,1-2,5-7H2;1-2,6-7H,3-5H2. The Bertz CT molecular complexity index is 630. The molecule has 6 saturated carbocycles. The lowest BCUT2D eigenvalue weighted by molar-refractivity contribution is 0.259. The van der Waals surface area contributed by atoms with Crippen molar-refractivity contribution in [1.29, 1.82) is 0 Å². The summed E-state index contributed by atoms with van der Waals surface area (Å²) in [6, 6.07) is 0. The number of rotatable bonds is 2. The van der Waals surface area contributed by atoms with Crippen LogP contribution >= 0.6 is 0 Å². The summed E-state index contributed by atoms with van der Waals surface area (Å²) in [4.78, 5) is 0. The Balaban J connectivity index is 0.000000108. The van der Waals surface area contributed by atoms with E-state index in [4.69, 9.17) is 0 Å². The smallest absolute Gasteiger partial charge is 0.0228 e. The molecule has 6 bridgehead atoms. The molecule has 7 aliphatic rings. The molecule has 7 aliphatic carbocycles. The van der Waals surface area contributed by atoms with E-state index < -0.39 is 0 Å². The van der Waals surface area contributed by atoms with E-state index in [1.165, 1.54) is 70.6 Å². The molecule has 12 atom stereocenters. The van der Waals surface area contributed by atoms with Gasteiger partial charge in [0, 0.05) is 0 Å². The minimum absolute atomic E-state index is 0.771. The van der Waals surface area contributed by atoms with Crippen LogP contribution in [0.1, 0.15) is 105 Å². The van der Waals surface area contributed by atoms with Gasteiger partial charge in [-0.25, -0.2) is 0 Å². The van der Waals surface area contributed by atoms with E-state index in [2.05, 4.69) is 65.2 Å².